The minimum atomic E-state index is -2.82. The van der Waals surface area contributed by atoms with Gasteiger partial charge in [-0.05, 0) is 18.2 Å². The second-order valence-corrected chi connectivity index (χ2v) is 3.93. The van der Waals surface area contributed by atoms with Gasteiger partial charge in [-0.25, -0.2) is 0 Å². The van der Waals surface area contributed by atoms with Gasteiger partial charge >= 0.3 is 9.28 Å². The van der Waals surface area contributed by atoms with Gasteiger partial charge in [-0.3, -0.25) is 0 Å². The molecule has 0 radical (unpaired) electrons. The van der Waals surface area contributed by atoms with Crippen molar-refractivity contribution < 1.29 is 18.4 Å². The Kier molecular flexibility index (Phi) is 2.05. The summed E-state index contributed by atoms with van der Waals surface area (Å²) in [5.41, 5.74) is 0. The zero-order chi connectivity index (χ0) is 9.26. The highest BCUT2D eigenvalue weighted by Crippen LogP contribution is 2.18. The van der Waals surface area contributed by atoms with Crippen LogP contribution in [0.25, 0.3) is 11.5 Å². The van der Waals surface area contributed by atoms with E-state index in [4.69, 9.17) is 18.4 Å². The summed E-state index contributed by atoms with van der Waals surface area (Å²) in [5, 5.41) is 0.440. The minimum absolute atomic E-state index is 0.409. The summed E-state index contributed by atoms with van der Waals surface area (Å²) in [6, 6.07) is 4.97. The second kappa shape index (κ2) is 3.21. The topological polar surface area (TPSA) is 66.7 Å². The Bertz CT molecular complexity index is 377. The minimum Gasteiger partial charge on any atom is -0.461 e. The lowest BCUT2D eigenvalue weighted by Gasteiger charge is -1.98. The van der Waals surface area contributed by atoms with Crippen LogP contribution in [0.3, 0.4) is 0 Å². The van der Waals surface area contributed by atoms with Gasteiger partial charge in [0.05, 0.1) is 12.5 Å². The zero-order valence-electron chi connectivity index (χ0n) is 6.68. The molecule has 2 aromatic heterocycles. The molecule has 0 unspecified atom stereocenters. The van der Waals surface area contributed by atoms with E-state index in [2.05, 4.69) is 0 Å². The number of rotatable bonds is 2. The van der Waals surface area contributed by atoms with E-state index in [0.29, 0.717) is 16.7 Å². The van der Waals surface area contributed by atoms with Crippen molar-refractivity contribution in [1.29, 1.82) is 0 Å². The molecule has 2 heterocycles. The molecule has 68 valence electrons. The molecule has 2 rings (SSSR count). The molecule has 0 fully saturated rings. The summed E-state index contributed by atoms with van der Waals surface area (Å²) in [6.45, 7) is 0. The van der Waals surface area contributed by atoms with Crippen molar-refractivity contribution in [3.8, 4) is 11.5 Å². The molecule has 0 aliphatic rings. The summed E-state index contributed by atoms with van der Waals surface area (Å²) in [4.78, 5) is 18.2. The molecule has 5 heteroatoms. The third-order valence-corrected chi connectivity index (χ3v) is 2.73. The van der Waals surface area contributed by atoms with E-state index in [1.165, 1.54) is 12.5 Å². The van der Waals surface area contributed by atoms with Crippen LogP contribution >= 0.6 is 0 Å². The van der Waals surface area contributed by atoms with Crippen LogP contribution in [0, 0.1) is 0 Å². The Morgan fingerprint density at radius 1 is 1.08 bits per heavy atom. The summed E-state index contributed by atoms with van der Waals surface area (Å²) in [6.07, 6.45) is 2.92. The standard InChI is InChI=1S/C8H8O4Si/c9-13(10)7-3-5-12-8(7)6-2-1-4-11-6/h1-5,9-10,13H. The lowest BCUT2D eigenvalue weighted by atomic mass is 10.3. The third-order valence-electron chi connectivity index (χ3n) is 1.72. The first-order chi connectivity index (χ1) is 6.29. The van der Waals surface area contributed by atoms with Crippen LogP contribution in [0.2, 0.25) is 0 Å². The molecule has 0 spiro atoms. The molecule has 0 aromatic carbocycles. The van der Waals surface area contributed by atoms with Gasteiger partial charge < -0.3 is 18.4 Å². The van der Waals surface area contributed by atoms with Gasteiger partial charge in [-0.1, -0.05) is 0 Å². The Balaban J connectivity index is 2.46. The molecule has 0 atom stereocenters. The SMILES string of the molecule is O[SiH](O)c1ccoc1-c1ccco1. The van der Waals surface area contributed by atoms with E-state index in [-0.39, 0.29) is 0 Å². The van der Waals surface area contributed by atoms with Gasteiger partial charge in [0.2, 0.25) is 0 Å². The quantitative estimate of drug-likeness (QED) is 0.661. The third kappa shape index (κ3) is 1.44. The predicted octanol–water partition coefficient (Wildman–Crippen LogP) is -0.0483. The van der Waals surface area contributed by atoms with Crippen LogP contribution in [0.5, 0.6) is 0 Å². The maximum atomic E-state index is 9.09. The molecule has 0 aliphatic carbocycles. The number of furan rings is 2. The Morgan fingerprint density at radius 3 is 2.54 bits per heavy atom. The maximum Gasteiger partial charge on any atom is 0.354 e. The lowest BCUT2D eigenvalue weighted by molar-refractivity contribution is 0.425. The highest BCUT2D eigenvalue weighted by Gasteiger charge is 2.18. The molecular formula is C8H8O4Si. The van der Waals surface area contributed by atoms with Crippen LogP contribution < -0.4 is 5.19 Å². The van der Waals surface area contributed by atoms with Gasteiger partial charge in [0.25, 0.3) is 0 Å². The normalized spacial score (nSPS) is 11.0. The largest absolute Gasteiger partial charge is 0.461 e. The van der Waals surface area contributed by atoms with E-state index in [0.717, 1.165) is 0 Å². The molecule has 0 saturated carbocycles. The molecule has 4 nitrogen and oxygen atoms in total. The van der Waals surface area contributed by atoms with Crippen LogP contribution in [-0.4, -0.2) is 18.9 Å². The van der Waals surface area contributed by atoms with E-state index >= 15 is 0 Å². The van der Waals surface area contributed by atoms with Gasteiger partial charge in [-0.2, -0.15) is 0 Å². The van der Waals surface area contributed by atoms with Gasteiger partial charge in [0.15, 0.2) is 11.5 Å². The maximum absolute atomic E-state index is 9.09. The first-order valence-electron chi connectivity index (χ1n) is 3.76. The van der Waals surface area contributed by atoms with Crippen molar-refractivity contribution in [2.75, 3.05) is 0 Å². The molecule has 13 heavy (non-hydrogen) atoms. The molecule has 0 aliphatic heterocycles. The van der Waals surface area contributed by atoms with Crippen molar-refractivity contribution in [2.24, 2.45) is 0 Å². The summed E-state index contributed by atoms with van der Waals surface area (Å²) in [7, 11) is -2.82. The smallest absolute Gasteiger partial charge is 0.354 e. The zero-order valence-corrected chi connectivity index (χ0v) is 7.83. The van der Waals surface area contributed by atoms with Crippen molar-refractivity contribution in [1.82, 2.24) is 0 Å². The van der Waals surface area contributed by atoms with E-state index < -0.39 is 9.28 Å². The number of hydrogen-bond donors (Lipinski definition) is 2. The molecule has 2 N–H and O–H groups in total. The predicted molar refractivity (Wildman–Crippen MR) is 47.6 cm³/mol. The molecule has 0 saturated heterocycles. The summed E-state index contributed by atoms with van der Waals surface area (Å²) >= 11 is 0. The van der Waals surface area contributed by atoms with Crippen molar-refractivity contribution in [2.45, 2.75) is 0 Å². The van der Waals surface area contributed by atoms with E-state index in [9.17, 15) is 0 Å². The molecule has 2 aromatic rings. The molecular weight excluding hydrogens is 188 g/mol. The lowest BCUT2D eigenvalue weighted by Crippen LogP contribution is -2.29. The van der Waals surface area contributed by atoms with Crippen LogP contribution in [0.15, 0.2) is 39.6 Å². The molecule has 0 bridgehead atoms. The van der Waals surface area contributed by atoms with Crippen LogP contribution in [0.4, 0.5) is 0 Å². The first kappa shape index (κ1) is 8.30. The fourth-order valence-electron chi connectivity index (χ4n) is 1.13. The van der Waals surface area contributed by atoms with Crippen molar-refractivity contribution in [3.63, 3.8) is 0 Å². The van der Waals surface area contributed by atoms with Crippen molar-refractivity contribution >= 4 is 14.5 Å². The average Bonchev–Trinajstić information content (AvgIpc) is 2.74. The fraction of sp³-hybridized carbons (Fsp3) is 0. The monoisotopic (exact) mass is 196 g/mol. The van der Waals surface area contributed by atoms with Gasteiger partial charge in [0, 0.05) is 5.19 Å². The Morgan fingerprint density at radius 2 is 1.92 bits per heavy atom. The number of hydrogen-bond acceptors (Lipinski definition) is 4. The van der Waals surface area contributed by atoms with E-state index in [1.54, 1.807) is 18.2 Å². The molecule has 0 amide bonds. The summed E-state index contributed by atoms with van der Waals surface area (Å²) < 4.78 is 10.2. The Hall–Kier alpha value is -1.30. The van der Waals surface area contributed by atoms with Gasteiger partial charge in [-0.15, -0.1) is 0 Å². The first-order valence-corrected chi connectivity index (χ1v) is 5.37. The van der Waals surface area contributed by atoms with Gasteiger partial charge in [0.1, 0.15) is 0 Å². The Labute approximate surface area is 75.9 Å². The highest BCUT2D eigenvalue weighted by atomic mass is 28.3. The highest BCUT2D eigenvalue weighted by molar-refractivity contribution is 6.60. The second-order valence-electron chi connectivity index (χ2n) is 2.56. The average molecular weight is 196 g/mol. The van der Waals surface area contributed by atoms with Crippen molar-refractivity contribution in [3.05, 3.63) is 30.7 Å². The van der Waals surface area contributed by atoms with Crippen LogP contribution in [0.1, 0.15) is 0 Å². The summed E-state index contributed by atoms with van der Waals surface area (Å²) in [5.74, 6) is 0.923. The van der Waals surface area contributed by atoms with Crippen LogP contribution in [-0.2, 0) is 0 Å². The fourth-order valence-corrected chi connectivity index (χ4v) is 1.83. The van der Waals surface area contributed by atoms with E-state index in [1.807, 2.05) is 0 Å².